The van der Waals surface area contributed by atoms with Crippen molar-refractivity contribution in [1.82, 2.24) is 0 Å². The summed E-state index contributed by atoms with van der Waals surface area (Å²) in [5.74, 6) is 2.20. The molecule has 0 bridgehead atoms. The maximum atomic E-state index is 13.4. The van der Waals surface area contributed by atoms with Gasteiger partial charge in [-0.1, -0.05) is 27.7 Å². The fourth-order valence-corrected chi connectivity index (χ4v) is 10.0. The Morgan fingerprint density at radius 2 is 1.81 bits per heavy atom. The van der Waals surface area contributed by atoms with Crippen LogP contribution >= 0.6 is 0 Å². The quantitative estimate of drug-likeness (QED) is 0.586. The van der Waals surface area contributed by atoms with Crippen LogP contribution in [0.25, 0.3) is 0 Å². The molecule has 5 heteroatoms. The van der Waals surface area contributed by atoms with Crippen molar-refractivity contribution in [1.29, 1.82) is 0 Å². The first-order valence-electron chi connectivity index (χ1n) is 13.3. The zero-order valence-electron chi connectivity index (χ0n) is 20.3. The topological polar surface area (TPSA) is 76.0 Å². The van der Waals surface area contributed by atoms with E-state index in [1.54, 1.807) is 0 Å². The van der Waals surface area contributed by atoms with E-state index in [9.17, 15) is 15.0 Å². The van der Waals surface area contributed by atoms with E-state index < -0.39 is 22.9 Å². The SMILES string of the molecule is C[C@@H]1CC[C@@]2(OC1)O[C@H]1C[C@@H]3[C@@H]4CC(=O)[C@@]5(O)C[C@@H](O)CC[C@]5(C)[C@@H]4CC[C@]3(C)[C@@H]1[C@@H]2C. The van der Waals surface area contributed by atoms with E-state index in [1.807, 2.05) is 0 Å². The first-order valence-corrected chi connectivity index (χ1v) is 13.3. The first kappa shape index (κ1) is 22.0. The van der Waals surface area contributed by atoms with E-state index in [-0.39, 0.29) is 23.7 Å². The summed E-state index contributed by atoms with van der Waals surface area (Å²) in [7, 11) is 0. The molecule has 6 aliphatic rings. The van der Waals surface area contributed by atoms with Gasteiger partial charge in [0.2, 0.25) is 0 Å². The van der Waals surface area contributed by atoms with Gasteiger partial charge in [0.05, 0.1) is 18.8 Å². The average molecular weight is 447 g/mol. The number of carbonyl (C=O) groups excluding carboxylic acids is 1. The molecule has 12 atom stereocenters. The van der Waals surface area contributed by atoms with Gasteiger partial charge in [-0.3, -0.25) is 4.79 Å². The third-order valence-corrected chi connectivity index (χ3v) is 11.9. The number of aliphatic hydroxyl groups excluding tert-OH is 1. The minimum atomic E-state index is -1.35. The minimum Gasteiger partial charge on any atom is -0.393 e. The Morgan fingerprint density at radius 3 is 2.53 bits per heavy atom. The summed E-state index contributed by atoms with van der Waals surface area (Å²) in [6.45, 7) is 10.0. The van der Waals surface area contributed by atoms with E-state index in [0.29, 0.717) is 48.3 Å². The van der Waals surface area contributed by atoms with E-state index >= 15 is 0 Å². The molecule has 0 amide bonds. The van der Waals surface area contributed by atoms with Crippen molar-refractivity contribution in [3.63, 3.8) is 0 Å². The third kappa shape index (κ3) is 2.58. The predicted octanol–water partition coefficient (Wildman–Crippen LogP) is 4.09. The lowest BCUT2D eigenvalue weighted by molar-refractivity contribution is -0.273. The van der Waals surface area contributed by atoms with Crippen molar-refractivity contribution in [2.75, 3.05) is 6.61 Å². The van der Waals surface area contributed by atoms with Crippen LogP contribution in [0.5, 0.6) is 0 Å². The number of ether oxygens (including phenoxy) is 2. The summed E-state index contributed by atoms with van der Waals surface area (Å²) < 4.78 is 13.2. The molecule has 0 unspecified atom stereocenters. The number of ketones is 1. The van der Waals surface area contributed by atoms with Gasteiger partial charge < -0.3 is 19.7 Å². The van der Waals surface area contributed by atoms with Crippen LogP contribution in [-0.4, -0.2) is 46.2 Å². The summed E-state index contributed by atoms with van der Waals surface area (Å²) in [5, 5.41) is 21.8. The van der Waals surface area contributed by atoms with Gasteiger partial charge in [-0.15, -0.1) is 0 Å². The van der Waals surface area contributed by atoms with Crippen LogP contribution in [0, 0.1) is 46.3 Å². The number of carbonyl (C=O) groups is 1. The van der Waals surface area contributed by atoms with Crippen molar-refractivity contribution in [3.8, 4) is 0 Å². The zero-order valence-corrected chi connectivity index (χ0v) is 20.3. The Balaban J connectivity index is 1.30. The summed E-state index contributed by atoms with van der Waals surface area (Å²) >= 11 is 0. The Kier molecular flexibility index (Phi) is 4.68. The number of hydrogen-bond donors (Lipinski definition) is 2. The second kappa shape index (κ2) is 6.80. The van der Waals surface area contributed by atoms with Gasteiger partial charge in [-0.2, -0.15) is 0 Å². The molecule has 32 heavy (non-hydrogen) atoms. The fraction of sp³-hybridized carbons (Fsp3) is 0.963. The van der Waals surface area contributed by atoms with Crippen LogP contribution in [0.3, 0.4) is 0 Å². The lowest BCUT2D eigenvalue weighted by Gasteiger charge is -2.63. The highest BCUT2D eigenvalue weighted by atomic mass is 16.7. The molecule has 2 N–H and O–H groups in total. The fourth-order valence-electron chi connectivity index (χ4n) is 10.0. The highest BCUT2D eigenvalue weighted by Gasteiger charge is 2.72. The Morgan fingerprint density at radius 1 is 1.03 bits per heavy atom. The molecule has 4 saturated carbocycles. The number of aliphatic hydroxyl groups is 2. The van der Waals surface area contributed by atoms with Gasteiger partial charge >= 0.3 is 0 Å². The Labute approximate surface area is 192 Å². The van der Waals surface area contributed by atoms with Gasteiger partial charge in [0.1, 0.15) is 5.60 Å². The number of hydrogen-bond acceptors (Lipinski definition) is 5. The van der Waals surface area contributed by atoms with Crippen LogP contribution in [0.15, 0.2) is 0 Å². The molecule has 4 aliphatic carbocycles. The normalized spacial score (nSPS) is 61.8. The molecular formula is C27H42O5. The second-order valence-corrected chi connectivity index (χ2v) is 13.2. The van der Waals surface area contributed by atoms with Crippen LogP contribution in [0.4, 0.5) is 0 Å². The molecule has 5 nitrogen and oxygen atoms in total. The first-order chi connectivity index (χ1) is 15.0. The molecule has 6 fully saturated rings. The van der Waals surface area contributed by atoms with Crippen LogP contribution in [0.2, 0.25) is 0 Å². The van der Waals surface area contributed by atoms with E-state index in [0.717, 1.165) is 38.7 Å². The van der Waals surface area contributed by atoms with Gasteiger partial charge in [0.25, 0.3) is 0 Å². The molecule has 2 aliphatic heterocycles. The highest BCUT2D eigenvalue weighted by Crippen LogP contribution is 2.71. The number of Topliss-reactive ketones (excluding diaryl/α,β-unsaturated/α-hetero) is 1. The highest BCUT2D eigenvalue weighted by molar-refractivity contribution is 5.89. The smallest absolute Gasteiger partial charge is 0.171 e. The molecule has 0 radical (unpaired) electrons. The third-order valence-electron chi connectivity index (χ3n) is 11.9. The van der Waals surface area contributed by atoms with E-state index in [4.69, 9.17) is 9.47 Å². The molecule has 2 saturated heterocycles. The van der Waals surface area contributed by atoms with Gasteiger partial charge in [0, 0.05) is 30.6 Å². The van der Waals surface area contributed by atoms with Gasteiger partial charge in [-0.25, -0.2) is 0 Å². The van der Waals surface area contributed by atoms with Crippen molar-refractivity contribution in [2.45, 2.75) is 109 Å². The number of rotatable bonds is 0. The van der Waals surface area contributed by atoms with Crippen LogP contribution < -0.4 is 0 Å². The van der Waals surface area contributed by atoms with Crippen molar-refractivity contribution >= 4 is 5.78 Å². The summed E-state index contributed by atoms with van der Waals surface area (Å²) in [6.07, 6.45) is 7.21. The standard InChI is InChI=1S/C27H42O5/c1-15-5-10-27(31-14-15)16(2)23-21(32-27)12-20-18-11-22(29)26(30)13-17(28)6-9-25(26,4)19(18)7-8-24(20,23)3/h15-21,23,28,30H,5-14H2,1-4H3/t15-,16+,17+,18-,19-,20-,21+,23-,24+,25-,26+,27-/m1/s1. The Bertz CT molecular complexity index is 804. The van der Waals surface area contributed by atoms with Crippen molar-refractivity contribution in [3.05, 3.63) is 0 Å². The molecule has 180 valence electrons. The maximum Gasteiger partial charge on any atom is 0.171 e. The Hall–Kier alpha value is -0.490. The minimum absolute atomic E-state index is 0.0173. The second-order valence-electron chi connectivity index (χ2n) is 13.2. The predicted molar refractivity (Wildman–Crippen MR) is 120 cm³/mol. The number of fused-ring (bicyclic) bond motifs is 7. The van der Waals surface area contributed by atoms with Gasteiger partial charge in [-0.05, 0) is 73.5 Å². The monoisotopic (exact) mass is 446 g/mol. The maximum absolute atomic E-state index is 13.4. The largest absolute Gasteiger partial charge is 0.393 e. The van der Waals surface area contributed by atoms with E-state index in [1.165, 1.54) is 6.42 Å². The van der Waals surface area contributed by atoms with E-state index in [2.05, 4.69) is 27.7 Å². The zero-order chi connectivity index (χ0) is 22.7. The molecule has 0 aromatic rings. The molecule has 6 rings (SSSR count). The molecule has 2 heterocycles. The molecule has 0 aromatic heterocycles. The van der Waals surface area contributed by atoms with Gasteiger partial charge in [0.15, 0.2) is 11.6 Å². The lowest BCUT2D eigenvalue weighted by atomic mass is 9.42. The summed E-state index contributed by atoms with van der Waals surface area (Å²) in [6, 6.07) is 0. The van der Waals surface area contributed by atoms with Crippen molar-refractivity contribution < 1.29 is 24.5 Å². The lowest BCUT2D eigenvalue weighted by Crippen LogP contribution is -2.67. The molecule has 1 spiro atoms. The summed E-state index contributed by atoms with van der Waals surface area (Å²) in [4.78, 5) is 13.4. The van der Waals surface area contributed by atoms with Crippen LogP contribution in [0.1, 0.15) is 85.5 Å². The molecular weight excluding hydrogens is 404 g/mol. The molecule has 0 aromatic carbocycles. The van der Waals surface area contributed by atoms with Crippen LogP contribution in [-0.2, 0) is 14.3 Å². The summed E-state index contributed by atoms with van der Waals surface area (Å²) in [5.41, 5.74) is -1.60. The average Bonchev–Trinajstić information content (AvgIpc) is 3.18. The van der Waals surface area contributed by atoms with Crippen molar-refractivity contribution in [2.24, 2.45) is 46.3 Å².